The summed E-state index contributed by atoms with van der Waals surface area (Å²) in [5.41, 5.74) is 0.787. The van der Waals surface area contributed by atoms with Gasteiger partial charge >= 0.3 is 0 Å². The molecule has 2 heterocycles. The quantitative estimate of drug-likeness (QED) is 0.571. The van der Waals surface area contributed by atoms with Gasteiger partial charge in [0.25, 0.3) is 0 Å². The molecule has 3 aromatic rings. The number of hydrogen-bond donors (Lipinski definition) is 1. The summed E-state index contributed by atoms with van der Waals surface area (Å²) in [5, 5.41) is 12.1. The number of carbonyl (C=O) groups excluding carboxylic acids is 1. The molecule has 130 valence electrons. The summed E-state index contributed by atoms with van der Waals surface area (Å²) in [4.78, 5) is 12.0. The molecule has 8 heteroatoms. The Bertz CT molecular complexity index is 831. The van der Waals surface area contributed by atoms with Crippen LogP contribution in [0, 0.1) is 0 Å². The molecule has 0 bridgehead atoms. The maximum absolute atomic E-state index is 12.0. The fourth-order valence-corrected chi connectivity index (χ4v) is 3.46. The van der Waals surface area contributed by atoms with E-state index in [1.807, 2.05) is 47.9 Å². The van der Waals surface area contributed by atoms with Gasteiger partial charge in [-0.3, -0.25) is 9.36 Å². The first-order valence-electron chi connectivity index (χ1n) is 7.82. The summed E-state index contributed by atoms with van der Waals surface area (Å²) in [7, 11) is 0. The molecular weight excluding hydrogens is 404 g/mol. The topological polar surface area (TPSA) is 73.0 Å². The molecular formula is C17H17BrN4O2S. The lowest BCUT2D eigenvalue weighted by molar-refractivity contribution is -0.115. The number of rotatable bonds is 7. The van der Waals surface area contributed by atoms with E-state index in [9.17, 15) is 4.79 Å². The molecule has 0 saturated heterocycles. The van der Waals surface area contributed by atoms with Crippen LogP contribution in [0.4, 0.5) is 5.69 Å². The van der Waals surface area contributed by atoms with Crippen LogP contribution in [0.3, 0.4) is 0 Å². The fourth-order valence-electron chi connectivity index (χ4n) is 2.26. The molecule has 0 atom stereocenters. The number of benzene rings is 1. The Morgan fingerprint density at radius 3 is 2.76 bits per heavy atom. The summed E-state index contributed by atoms with van der Waals surface area (Å²) in [5.74, 6) is 1.99. The van der Waals surface area contributed by atoms with Crippen LogP contribution in [0.1, 0.15) is 13.3 Å². The van der Waals surface area contributed by atoms with Crippen molar-refractivity contribution in [2.75, 3.05) is 11.1 Å². The van der Waals surface area contributed by atoms with Crippen LogP contribution in [0.15, 0.2) is 56.7 Å². The van der Waals surface area contributed by atoms with Gasteiger partial charge < -0.3 is 9.73 Å². The Hall–Kier alpha value is -2.06. The highest BCUT2D eigenvalue weighted by Gasteiger charge is 2.15. The van der Waals surface area contributed by atoms with Gasteiger partial charge in [0.05, 0.1) is 6.26 Å². The molecule has 0 spiro atoms. The highest BCUT2D eigenvalue weighted by Crippen LogP contribution is 2.24. The molecule has 0 aliphatic rings. The van der Waals surface area contributed by atoms with E-state index in [1.165, 1.54) is 11.8 Å². The average Bonchev–Trinajstić information content (AvgIpc) is 3.26. The Morgan fingerprint density at radius 1 is 1.28 bits per heavy atom. The molecule has 3 rings (SSSR count). The zero-order valence-corrected chi connectivity index (χ0v) is 16.0. The summed E-state index contributed by atoms with van der Waals surface area (Å²) >= 11 is 4.88. The third-order valence-corrected chi connectivity index (χ3v) is 4.96. The van der Waals surface area contributed by atoms with Crippen LogP contribution in [-0.2, 0) is 11.3 Å². The Balaban J connectivity index is 1.55. The molecule has 0 unspecified atom stereocenters. The van der Waals surface area contributed by atoms with E-state index in [-0.39, 0.29) is 5.91 Å². The van der Waals surface area contributed by atoms with Gasteiger partial charge in [-0.15, -0.1) is 10.2 Å². The number of carbonyl (C=O) groups is 1. The Labute approximate surface area is 158 Å². The summed E-state index contributed by atoms with van der Waals surface area (Å²) in [6, 6.07) is 11.2. The maximum atomic E-state index is 12.0. The smallest absolute Gasteiger partial charge is 0.225 e. The molecule has 0 fully saturated rings. The standard InChI is InChI=1S/C17H17BrN4O2S/c1-2-22-16(14-4-3-10-24-14)20-21-17(22)25-11-9-15(23)19-13-7-5-12(18)6-8-13/h3-8,10H,2,9,11H2,1H3,(H,19,23). The van der Waals surface area contributed by atoms with E-state index in [0.29, 0.717) is 23.8 Å². The molecule has 1 aromatic carbocycles. The average molecular weight is 421 g/mol. The lowest BCUT2D eigenvalue weighted by Crippen LogP contribution is -2.12. The predicted octanol–water partition coefficient (Wildman–Crippen LogP) is 4.44. The summed E-state index contributed by atoms with van der Waals surface area (Å²) in [6.45, 7) is 2.76. The second kappa shape index (κ2) is 8.35. The van der Waals surface area contributed by atoms with E-state index in [2.05, 4.69) is 31.4 Å². The first kappa shape index (κ1) is 17.8. The van der Waals surface area contributed by atoms with Gasteiger partial charge in [-0.2, -0.15) is 0 Å². The zero-order chi connectivity index (χ0) is 17.6. The van der Waals surface area contributed by atoms with Gasteiger partial charge in [0.15, 0.2) is 16.7 Å². The van der Waals surface area contributed by atoms with Crippen molar-refractivity contribution in [1.29, 1.82) is 0 Å². The Morgan fingerprint density at radius 2 is 2.08 bits per heavy atom. The number of furan rings is 1. The monoisotopic (exact) mass is 420 g/mol. The predicted molar refractivity (Wildman–Crippen MR) is 102 cm³/mol. The van der Waals surface area contributed by atoms with Crippen molar-refractivity contribution in [3.8, 4) is 11.6 Å². The summed E-state index contributed by atoms with van der Waals surface area (Å²) < 4.78 is 8.35. The molecule has 0 aliphatic heterocycles. The molecule has 1 N–H and O–H groups in total. The first-order chi connectivity index (χ1) is 12.2. The van der Waals surface area contributed by atoms with E-state index in [4.69, 9.17) is 4.42 Å². The van der Waals surface area contributed by atoms with Crippen LogP contribution >= 0.6 is 27.7 Å². The number of anilines is 1. The highest BCUT2D eigenvalue weighted by molar-refractivity contribution is 9.10. The Kier molecular flexibility index (Phi) is 5.93. The van der Waals surface area contributed by atoms with E-state index >= 15 is 0 Å². The van der Waals surface area contributed by atoms with E-state index in [1.54, 1.807) is 6.26 Å². The van der Waals surface area contributed by atoms with Gasteiger partial charge in [0.2, 0.25) is 5.91 Å². The maximum Gasteiger partial charge on any atom is 0.225 e. The third kappa shape index (κ3) is 4.52. The molecule has 25 heavy (non-hydrogen) atoms. The number of nitrogens with zero attached hydrogens (tertiary/aromatic N) is 3. The molecule has 0 aliphatic carbocycles. The fraction of sp³-hybridized carbons (Fsp3) is 0.235. The van der Waals surface area contributed by atoms with Crippen molar-refractivity contribution in [2.24, 2.45) is 0 Å². The lowest BCUT2D eigenvalue weighted by atomic mass is 10.3. The van der Waals surface area contributed by atoms with E-state index < -0.39 is 0 Å². The van der Waals surface area contributed by atoms with Crippen molar-refractivity contribution >= 4 is 39.3 Å². The van der Waals surface area contributed by atoms with Crippen molar-refractivity contribution in [1.82, 2.24) is 14.8 Å². The number of aromatic nitrogens is 3. The second-order valence-corrected chi connectivity index (χ2v) is 7.16. The first-order valence-corrected chi connectivity index (χ1v) is 9.60. The normalized spacial score (nSPS) is 10.8. The minimum Gasteiger partial charge on any atom is -0.461 e. The van der Waals surface area contributed by atoms with Gasteiger partial charge in [-0.25, -0.2) is 0 Å². The van der Waals surface area contributed by atoms with Crippen LogP contribution < -0.4 is 5.32 Å². The van der Waals surface area contributed by atoms with Gasteiger partial charge in [0.1, 0.15) is 0 Å². The molecule has 0 radical (unpaired) electrons. The van der Waals surface area contributed by atoms with Crippen molar-refractivity contribution < 1.29 is 9.21 Å². The van der Waals surface area contributed by atoms with Crippen molar-refractivity contribution in [3.05, 3.63) is 47.1 Å². The highest BCUT2D eigenvalue weighted by atomic mass is 79.9. The van der Waals surface area contributed by atoms with Crippen LogP contribution in [0.5, 0.6) is 0 Å². The zero-order valence-electron chi connectivity index (χ0n) is 13.6. The largest absolute Gasteiger partial charge is 0.461 e. The van der Waals surface area contributed by atoms with Gasteiger partial charge in [-0.05, 0) is 43.3 Å². The molecule has 1 amide bonds. The number of amides is 1. The van der Waals surface area contributed by atoms with Crippen LogP contribution in [0.25, 0.3) is 11.6 Å². The minimum atomic E-state index is -0.0244. The summed E-state index contributed by atoms with van der Waals surface area (Å²) in [6.07, 6.45) is 2.01. The lowest BCUT2D eigenvalue weighted by Gasteiger charge is -2.07. The number of halogens is 1. The van der Waals surface area contributed by atoms with Crippen molar-refractivity contribution in [2.45, 2.75) is 25.0 Å². The molecule has 0 saturated carbocycles. The number of thioether (sulfide) groups is 1. The van der Waals surface area contributed by atoms with Gasteiger partial charge in [0, 0.05) is 28.9 Å². The van der Waals surface area contributed by atoms with Crippen LogP contribution in [-0.4, -0.2) is 26.4 Å². The SMILES string of the molecule is CCn1c(SCCC(=O)Nc2ccc(Br)cc2)nnc1-c1ccco1. The second-order valence-electron chi connectivity index (χ2n) is 5.18. The number of nitrogens with one attached hydrogen (secondary N) is 1. The van der Waals surface area contributed by atoms with E-state index in [0.717, 1.165) is 21.9 Å². The van der Waals surface area contributed by atoms with Crippen molar-refractivity contribution in [3.63, 3.8) is 0 Å². The molecule has 6 nitrogen and oxygen atoms in total. The number of hydrogen-bond acceptors (Lipinski definition) is 5. The van der Waals surface area contributed by atoms with Gasteiger partial charge in [-0.1, -0.05) is 27.7 Å². The third-order valence-electron chi connectivity index (χ3n) is 3.46. The minimum absolute atomic E-state index is 0.0244. The van der Waals surface area contributed by atoms with Crippen LogP contribution in [0.2, 0.25) is 0 Å². The molecule has 2 aromatic heterocycles.